The summed E-state index contributed by atoms with van der Waals surface area (Å²) in [6, 6.07) is 18.6. The Morgan fingerprint density at radius 2 is 1.76 bits per heavy atom. The first kappa shape index (κ1) is 17.0. The molecule has 5 rings (SSSR count). The van der Waals surface area contributed by atoms with Gasteiger partial charge in [0.15, 0.2) is 0 Å². The van der Waals surface area contributed by atoms with Crippen molar-refractivity contribution in [3.63, 3.8) is 0 Å². The second kappa shape index (κ2) is 6.79. The molecule has 142 valence electrons. The van der Waals surface area contributed by atoms with Crippen molar-refractivity contribution in [3.05, 3.63) is 82.9 Å². The van der Waals surface area contributed by atoms with Gasteiger partial charge in [-0.2, -0.15) is 0 Å². The van der Waals surface area contributed by atoms with Crippen LogP contribution in [0.2, 0.25) is 0 Å². The summed E-state index contributed by atoms with van der Waals surface area (Å²) in [5.74, 6) is 0.991. The van der Waals surface area contributed by atoms with Crippen molar-refractivity contribution in [1.29, 1.82) is 0 Å². The van der Waals surface area contributed by atoms with E-state index in [2.05, 4.69) is 19.9 Å². The Morgan fingerprint density at radius 1 is 0.931 bits per heavy atom. The van der Waals surface area contributed by atoms with Crippen LogP contribution in [0.4, 0.5) is 5.69 Å². The second-order valence-electron chi connectivity index (χ2n) is 6.63. The van der Waals surface area contributed by atoms with E-state index in [1.54, 1.807) is 12.3 Å². The molecule has 7 nitrogen and oxygen atoms in total. The molecular weight excluding hydrogens is 366 g/mol. The van der Waals surface area contributed by atoms with E-state index in [0.29, 0.717) is 40.3 Å². The summed E-state index contributed by atoms with van der Waals surface area (Å²) >= 11 is 0. The van der Waals surface area contributed by atoms with E-state index in [1.807, 2.05) is 54.6 Å². The van der Waals surface area contributed by atoms with Crippen LogP contribution in [-0.4, -0.2) is 19.9 Å². The Kier molecular flexibility index (Phi) is 3.98. The lowest BCUT2D eigenvalue weighted by atomic mass is 10.1. The number of fused-ring (bicyclic) bond motifs is 2. The minimum Gasteiger partial charge on any atom is -0.487 e. The molecule has 4 N–H and O–H groups in total. The van der Waals surface area contributed by atoms with Crippen LogP contribution in [0.1, 0.15) is 5.69 Å². The average Bonchev–Trinajstić information content (AvgIpc) is 3.16. The molecule has 0 fully saturated rings. The van der Waals surface area contributed by atoms with Crippen molar-refractivity contribution in [1.82, 2.24) is 19.9 Å². The maximum Gasteiger partial charge on any atom is 0.261 e. The van der Waals surface area contributed by atoms with Crippen LogP contribution in [0.25, 0.3) is 33.3 Å². The van der Waals surface area contributed by atoms with E-state index in [0.717, 1.165) is 16.7 Å². The van der Waals surface area contributed by atoms with Crippen molar-refractivity contribution in [3.8, 4) is 17.1 Å². The number of hydrogen-bond donors (Lipinski definition) is 3. The molecule has 5 aromatic rings. The molecular formula is C22H17N5O2. The summed E-state index contributed by atoms with van der Waals surface area (Å²) in [5.41, 5.74) is 9.77. The third-order valence-electron chi connectivity index (χ3n) is 4.77. The fraction of sp³-hybridized carbons (Fsp3) is 0.0455. The van der Waals surface area contributed by atoms with Crippen molar-refractivity contribution in [2.45, 2.75) is 6.61 Å². The van der Waals surface area contributed by atoms with E-state index in [1.165, 1.54) is 0 Å². The van der Waals surface area contributed by atoms with Crippen LogP contribution in [0.5, 0.6) is 5.75 Å². The highest BCUT2D eigenvalue weighted by Crippen LogP contribution is 2.34. The molecule has 29 heavy (non-hydrogen) atoms. The predicted octanol–water partition coefficient (Wildman–Crippen LogP) is 3.63. The number of nitrogen functional groups attached to an aromatic ring is 1. The number of nitrogens with one attached hydrogen (secondary N) is 2. The SMILES string of the molecule is Nc1c(-c2nc3ccccc3[nH]2)c(=O)[nH]c2cccc(OCc3ccccn3)c12. The van der Waals surface area contributed by atoms with Gasteiger partial charge in [-0.05, 0) is 36.4 Å². The zero-order chi connectivity index (χ0) is 19.8. The molecule has 0 radical (unpaired) electrons. The van der Waals surface area contributed by atoms with Crippen molar-refractivity contribution in [2.24, 2.45) is 0 Å². The van der Waals surface area contributed by atoms with Crippen LogP contribution < -0.4 is 16.0 Å². The molecule has 0 atom stereocenters. The molecule has 0 spiro atoms. The van der Waals surface area contributed by atoms with E-state index < -0.39 is 0 Å². The lowest BCUT2D eigenvalue weighted by molar-refractivity contribution is 0.305. The maximum atomic E-state index is 12.8. The fourth-order valence-electron chi connectivity index (χ4n) is 3.41. The normalized spacial score (nSPS) is 11.2. The molecule has 0 aliphatic rings. The molecule has 0 saturated heterocycles. The molecule has 0 saturated carbocycles. The number of nitrogens with two attached hydrogens (primary N) is 1. The third kappa shape index (κ3) is 2.98. The van der Waals surface area contributed by atoms with Crippen LogP contribution in [0.15, 0.2) is 71.7 Å². The first-order valence-electron chi connectivity index (χ1n) is 9.13. The van der Waals surface area contributed by atoms with Gasteiger partial charge in [-0.25, -0.2) is 4.98 Å². The lowest BCUT2D eigenvalue weighted by Gasteiger charge is -2.12. The van der Waals surface area contributed by atoms with Crippen molar-refractivity contribution < 1.29 is 4.74 Å². The zero-order valence-corrected chi connectivity index (χ0v) is 15.3. The third-order valence-corrected chi connectivity index (χ3v) is 4.77. The van der Waals surface area contributed by atoms with Gasteiger partial charge >= 0.3 is 0 Å². The summed E-state index contributed by atoms with van der Waals surface area (Å²) in [4.78, 5) is 27.6. The molecule has 0 aliphatic heterocycles. The highest BCUT2D eigenvalue weighted by Gasteiger charge is 2.18. The monoisotopic (exact) mass is 383 g/mol. The van der Waals surface area contributed by atoms with Gasteiger partial charge in [-0.1, -0.05) is 24.3 Å². The number of H-pyrrole nitrogens is 2. The van der Waals surface area contributed by atoms with Crippen LogP contribution in [0.3, 0.4) is 0 Å². The number of benzene rings is 2. The summed E-state index contributed by atoms with van der Waals surface area (Å²) in [5, 5.41) is 0.637. The van der Waals surface area contributed by atoms with Crippen LogP contribution in [0, 0.1) is 0 Å². The summed E-state index contributed by atoms with van der Waals surface area (Å²) < 4.78 is 5.98. The molecule has 0 amide bonds. The Hall–Kier alpha value is -4.13. The maximum absolute atomic E-state index is 12.8. The predicted molar refractivity (Wildman–Crippen MR) is 113 cm³/mol. The molecule has 7 heteroatoms. The number of nitrogens with zero attached hydrogens (tertiary/aromatic N) is 2. The lowest BCUT2D eigenvalue weighted by Crippen LogP contribution is -2.13. The summed E-state index contributed by atoms with van der Waals surface area (Å²) in [6.07, 6.45) is 1.72. The molecule has 3 heterocycles. The molecule has 2 aromatic carbocycles. The number of hydrogen-bond acceptors (Lipinski definition) is 5. The van der Waals surface area contributed by atoms with Gasteiger partial charge in [0, 0.05) is 6.20 Å². The Morgan fingerprint density at radius 3 is 2.59 bits per heavy atom. The smallest absolute Gasteiger partial charge is 0.261 e. The first-order valence-corrected chi connectivity index (χ1v) is 9.13. The highest BCUT2D eigenvalue weighted by molar-refractivity contribution is 6.01. The van der Waals surface area contributed by atoms with Gasteiger partial charge in [0.1, 0.15) is 23.7 Å². The van der Waals surface area contributed by atoms with E-state index in [9.17, 15) is 4.79 Å². The van der Waals surface area contributed by atoms with Gasteiger partial charge in [-0.15, -0.1) is 0 Å². The number of para-hydroxylation sites is 2. The quantitative estimate of drug-likeness (QED) is 0.439. The minimum atomic E-state index is -0.309. The number of rotatable bonds is 4. The summed E-state index contributed by atoms with van der Waals surface area (Å²) in [6.45, 7) is 0.290. The van der Waals surface area contributed by atoms with Gasteiger partial charge < -0.3 is 20.4 Å². The van der Waals surface area contributed by atoms with Gasteiger partial charge in [0.25, 0.3) is 5.56 Å². The number of imidazole rings is 1. The Balaban J connectivity index is 1.65. The van der Waals surface area contributed by atoms with E-state index in [4.69, 9.17) is 10.5 Å². The average molecular weight is 383 g/mol. The zero-order valence-electron chi connectivity index (χ0n) is 15.3. The molecule has 0 unspecified atom stereocenters. The minimum absolute atomic E-state index is 0.290. The van der Waals surface area contributed by atoms with E-state index in [-0.39, 0.29) is 5.56 Å². The van der Waals surface area contributed by atoms with Crippen molar-refractivity contribution >= 4 is 27.6 Å². The van der Waals surface area contributed by atoms with Gasteiger partial charge in [-0.3, -0.25) is 9.78 Å². The Bertz CT molecular complexity index is 1360. The van der Waals surface area contributed by atoms with Gasteiger partial charge in [0.05, 0.1) is 33.3 Å². The number of ether oxygens (including phenoxy) is 1. The first-order chi connectivity index (χ1) is 14.2. The number of pyridine rings is 2. The molecule has 0 bridgehead atoms. The number of aromatic nitrogens is 4. The summed E-state index contributed by atoms with van der Waals surface area (Å²) in [7, 11) is 0. The van der Waals surface area contributed by atoms with Crippen molar-refractivity contribution in [2.75, 3.05) is 5.73 Å². The fourth-order valence-corrected chi connectivity index (χ4v) is 3.41. The number of aromatic amines is 2. The van der Waals surface area contributed by atoms with Gasteiger partial charge in [0.2, 0.25) is 0 Å². The number of anilines is 1. The molecule has 0 aliphatic carbocycles. The van der Waals surface area contributed by atoms with Crippen LogP contribution in [-0.2, 0) is 6.61 Å². The molecule has 3 aromatic heterocycles. The topological polar surface area (TPSA) is 110 Å². The van der Waals surface area contributed by atoms with Crippen LogP contribution >= 0.6 is 0 Å². The van der Waals surface area contributed by atoms with E-state index >= 15 is 0 Å². The standard InChI is InChI=1S/C22H17N5O2/c23-20-18-16(9-5-10-17(18)29-12-13-6-3-4-11-24-13)27-22(28)19(20)21-25-14-7-1-2-8-15(14)26-21/h1-11H,12H2,(H,25,26)(H3,23,27,28). The largest absolute Gasteiger partial charge is 0.487 e. The second-order valence-corrected chi connectivity index (χ2v) is 6.63. The highest BCUT2D eigenvalue weighted by atomic mass is 16.5. The Labute approximate surface area is 165 Å².